The van der Waals surface area contributed by atoms with E-state index in [2.05, 4.69) is 58.4 Å². The molecule has 0 fully saturated rings. The van der Waals surface area contributed by atoms with Crippen LogP contribution < -0.4 is 0 Å². The standard InChI is InChI=1S/C15H35N3O2Si/c1-8-10-16-15(9-2)21(7,19-13-11-17(3)4)20-14-12-18(5)6/h8-14H2,1-7H3/b16-15-. The van der Waals surface area contributed by atoms with E-state index in [9.17, 15) is 0 Å². The number of hydrogen-bond acceptors (Lipinski definition) is 5. The van der Waals surface area contributed by atoms with E-state index in [1.54, 1.807) is 0 Å². The molecule has 0 aliphatic heterocycles. The third-order valence-corrected chi connectivity index (χ3v) is 6.29. The minimum atomic E-state index is -2.35. The molecule has 0 aromatic rings. The van der Waals surface area contributed by atoms with Crippen molar-refractivity contribution < 1.29 is 8.85 Å². The van der Waals surface area contributed by atoms with E-state index >= 15 is 0 Å². The molecule has 0 aromatic carbocycles. The van der Waals surface area contributed by atoms with Crippen LogP contribution in [0.3, 0.4) is 0 Å². The highest BCUT2D eigenvalue weighted by Crippen LogP contribution is 2.13. The van der Waals surface area contributed by atoms with Gasteiger partial charge in [0.05, 0.1) is 5.33 Å². The maximum atomic E-state index is 6.20. The maximum absolute atomic E-state index is 6.20. The molecule has 0 aliphatic rings. The number of aliphatic imine (C=N–C) groups is 1. The lowest BCUT2D eigenvalue weighted by Crippen LogP contribution is -2.50. The topological polar surface area (TPSA) is 37.3 Å². The van der Waals surface area contributed by atoms with Gasteiger partial charge in [-0.3, -0.25) is 4.99 Å². The molecule has 21 heavy (non-hydrogen) atoms. The lowest BCUT2D eigenvalue weighted by molar-refractivity contribution is 0.162. The molecule has 6 heteroatoms. The zero-order valence-electron chi connectivity index (χ0n) is 15.1. The molecule has 0 aromatic heterocycles. The summed E-state index contributed by atoms with van der Waals surface area (Å²) in [4.78, 5) is 8.99. The molecule has 0 saturated heterocycles. The SMILES string of the molecule is CCC/N=C(/CC)[Si](C)(OCCN(C)C)OCCN(C)C. The number of hydrogen-bond donors (Lipinski definition) is 0. The van der Waals surface area contributed by atoms with Gasteiger partial charge in [-0.1, -0.05) is 13.8 Å². The molecule has 0 spiro atoms. The highest BCUT2D eigenvalue weighted by molar-refractivity contribution is 6.97. The quantitative estimate of drug-likeness (QED) is 0.408. The minimum absolute atomic E-state index is 0.697. The first kappa shape index (κ1) is 20.7. The third-order valence-electron chi connectivity index (χ3n) is 3.22. The van der Waals surface area contributed by atoms with Crippen molar-refractivity contribution in [1.82, 2.24) is 9.80 Å². The first-order valence-electron chi connectivity index (χ1n) is 7.96. The predicted octanol–water partition coefficient (Wildman–Crippen LogP) is 2.02. The molecule has 5 nitrogen and oxygen atoms in total. The molecule has 0 N–H and O–H groups in total. The number of rotatable bonds is 12. The highest BCUT2D eigenvalue weighted by Gasteiger charge is 2.37. The van der Waals surface area contributed by atoms with Crippen LogP contribution in [0.15, 0.2) is 4.99 Å². The van der Waals surface area contributed by atoms with Gasteiger partial charge in [0.25, 0.3) is 0 Å². The van der Waals surface area contributed by atoms with Crippen LogP contribution in [0.25, 0.3) is 0 Å². The van der Waals surface area contributed by atoms with Crippen LogP contribution in [0.1, 0.15) is 26.7 Å². The number of nitrogens with zero attached hydrogens (tertiary/aromatic N) is 3. The Morgan fingerprint density at radius 1 is 0.952 bits per heavy atom. The van der Waals surface area contributed by atoms with Crippen LogP contribution in [0.2, 0.25) is 6.55 Å². The average molecular weight is 318 g/mol. The molecule has 0 rings (SSSR count). The van der Waals surface area contributed by atoms with Gasteiger partial charge in [-0.2, -0.15) is 0 Å². The van der Waals surface area contributed by atoms with E-state index in [1.165, 1.54) is 0 Å². The summed E-state index contributed by atoms with van der Waals surface area (Å²) in [5, 5.41) is 1.14. The molecule has 0 atom stereocenters. The van der Waals surface area contributed by atoms with Crippen molar-refractivity contribution in [3.05, 3.63) is 0 Å². The second-order valence-corrected chi connectivity index (χ2v) is 8.98. The lowest BCUT2D eigenvalue weighted by atomic mass is 10.5. The molecular formula is C15H35N3O2Si. The Bertz CT molecular complexity index is 283. The largest absolute Gasteiger partial charge is 0.389 e. The molecule has 0 radical (unpaired) electrons. The Morgan fingerprint density at radius 2 is 1.43 bits per heavy atom. The Labute approximate surface area is 132 Å². The summed E-state index contributed by atoms with van der Waals surface area (Å²) < 4.78 is 12.4. The first-order valence-corrected chi connectivity index (χ1v) is 10.3. The molecule has 0 heterocycles. The molecule has 126 valence electrons. The van der Waals surface area contributed by atoms with Crippen LogP contribution in [0, 0.1) is 0 Å². The normalized spacial score (nSPS) is 13.5. The van der Waals surface area contributed by atoms with E-state index in [4.69, 9.17) is 13.8 Å². The average Bonchev–Trinajstić information content (AvgIpc) is 2.38. The van der Waals surface area contributed by atoms with Gasteiger partial charge in [-0.05, 0) is 47.6 Å². The Hall–Kier alpha value is -0.273. The maximum Gasteiger partial charge on any atom is 0.383 e. The minimum Gasteiger partial charge on any atom is -0.389 e. The molecule has 0 unspecified atom stereocenters. The van der Waals surface area contributed by atoms with Crippen LogP contribution in [-0.2, 0) is 8.85 Å². The van der Waals surface area contributed by atoms with E-state index in [1.807, 2.05) is 0 Å². The van der Waals surface area contributed by atoms with Crippen molar-refractivity contribution in [2.45, 2.75) is 33.2 Å². The Morgan fingerprint density at radius 3 is 1.76 bits per heavy atom. The van der Waals surface area contributed by atoms with Gasteiger partial charge in [0.15, 0.2) is 0 Å². The summed E-state index contributed by atoms with van der Waals surface area (Å²) in [6.45, 7) is 10.5. The highest BCUT2D eigenvalue weighted by atomic mass is 28.4. The van der Waals surface area contributed by atoms with Gasteiger partial charge in [-0.15, -0.1) is 0 Å². The molecule has 0 saturated carbocycles. The van der Waals surface area contributed by atoms with Crippen molar-refractivity contribution in [3.63, 3.8) is 0 Å². The molecule has 0 aliphatic carbocycles. The monoisotopic (exact) mass is 317 g/mol. The Kier molecular flexibility index (Phi) is 11.2. The van der Waals surface area contributed by atoms with Crippen molar-refractivity contribution in [2.75, 3.05) is 61.0 Å². The van der Waals surface area contributed by atoms with Crippen molar-refractivity contribution in [2.24, 2.45) is 4.99 Å². The number of likely N-dealkylation sites (N-methyl/N-ethyl adjacent to an activating group) is 2. The summed E-state index contributed by atoms with van der Waals surface area (Å²) in [7, 11) is 5.87. The van der Waals surface area contributed by atoms with Gasteiger partial charge in [0, 0.05) is 32.8 Å². The van der Waals surface area contributed by atoms with Gasteiger partial charge >= 0.3 is 8.56 Å². The fourth-order valence-electron chi connectivity index (χ4n) is 1.88. The summed E-state index contributed by atoms with van der Waals surface area (Å²) in [5.41, 5.74) is 0. The van der Waals surface area contributed by atoms with Crippen LogP contribution in [0.5, 0.6) is 0 Å². The van der Waals surface area contributed by atoms with E-state index < -0.39 is 8.56 Å². The van der Waals surface area contributed by atoms with Gasteiger partial charge in [0.1, 0.15) is 0 Å². The fourth-order valence-corrected chi connectivity index (χ4v) is 4.30. The van der Waals surface area contributed by atoms with Crippen LogP contribution in [0.4, 0.5) is 0 Å². The lowest BCUT2D eigenvalue weighted by Gasteiger charge is -2.29. The van der Waals surface area contributed by atoms with Gasteiger partial charge < -0.3 is 18.7 Å². The van der Waals surface area contributed by atoms with Gasteiger partial charge in [-0.25, -0.2) is 0 Å². The van der Waals surface area contributed by atoms with Gasteiger partial charge in [0.2, 0.25) is 0 Å². The second-order valence-electron chi connectivity index (χ2n) is 5.93. The summed E-state index contributed by atoms with van der Waals surface area (Å²) in [6.07, 6.45) is 1.97. The van der Waals surface area contributed by atoms with Crippen LogP contribution >= 0.6 is 0 Å². The van der Waals surface area contributed by atoms with E-state index in [0.717, 1.165) is 37.8 Å². The van der Waals surface area contributed by atoms with Crippen molar-refractivity contribution >= 4 is 13.9 Å². The predicted molar refractivity (Wildman–Crippen MR) is 93.5 cm³/mol. The summed E-state index contributed by atoms with van der Waals surface area (Å²) in [6, 6.07) is 0. The van der Waals surface area contributed by atoms with E-state index in [-0.39, 0.29) is 0 Å². The molecular weight excluding hydrogens is 282 g/mol. The van der Waals surface area contributed by atoms with Crippen molar-refractivity contribution in [3.8, 4) is 0 Å². The molecule has 0 bridgehead atoms. The smallest absolute Gasteiger partial charge is 0.383 e. The second kappa shape index (κ2) is 11.3. The summed E-state index contributed by atoms with van der Waals surface area (Å²) >= 11 is 0. The Balaban J connectivity index is 4.77. The van der Waals surface area contributed by atoms with E-state index in [0.29, 0.717) is 13.2 Å². The van der Waals surface area contributed by atoms with Crippen molar-refractivity contribution in [1.29, 1.82) is 0 Å². The summed E-state index contributed by atoms with van der Waals surface area (Å²) in [5.74, 6) is 0. The third kappa shape index (κ3) is 9.37. The zero-order chi connectivity index (χ0) is 16.3. The zero-order valence-corrected chi connectivity index (χ0v) is 16.1. The molecule has 0 amide bonds. The van der Waals surface area contributed by atoms with Crippen LogP contribution in [-0.4, -0.2) is 84.7 Å². The fraction of sp³-hybridized carbons (Fsp3) is 0.933. The first-order chi connectivity index (χ1) is 9.85.